The number of rotatable bonds is 13. The predicted octanol–water partition coefficient (Wildman–Crippen LogP) is -3.21. The molecule has 160 valence electrons. The second-order valence-corrected chi connectivity index (χ2v) is 6.66. The van der Waals surface area contributed by atoms with E-state index >= 15 is 0 Å². The van der Waals surface area contributed by atoms with Crippen LogP contribution in [0.3, 0.4) is 0 Å². The lowest BCUT2D eigenvalue weighted by Gasteiger charge is -2.24. The maximum atomic E-state index is 12.5. The lowest BCUT2D eigenvalue weighted by molar-refractivity contribution is -0.139. The molecule has 0 aliphatic rings. The molecule has 0 radical (unpaired) electrons. The fourth-order valence-electron chi connectivity index (χ4n) is 2.16. The summed E-state index contributed by atoms with van der Waals surface area (Å²) in [6.07, 6.45) is 0.134. The topological polar surface area (TPSA) is 214 Å². The van der Waals surface area contributed by atoms with Gasteiger partial charge in [-0.05, 0) is 18.8 Å². The van der Waals surface area contributed by atoms with Gasteiger partial charge in [0.05, 0.1) is 12.6 Å². The van der Waals surface area contributed by atoms with Crippen LogP contribution in [0.15, 0.2) is 0 Å². The van der Waals surface area contributed by atoms with Crippen molar-refractivity contribution in [3.63, 3.8) is 0 Å². The van der Waals surface area contributed by atoms with Crippen molar-refractivity contribution in [1.82, 2.24) is 16.0 Å². The van der Waals surface area contributed by atoms with Crippen molar-refractivity contribution in [2.24, 2.45) is 17.4 Å². The van der Waals surface area contributed by atoms with Gasteiger partial charge in [0, 0.05) is 6.42 Å². The first-order chi connectivity index (χ1) is 13.0. The largest absolute Gasteiger partial charge is 0.480 e. The van der Waals surface area contributed by atoms with E-state index in [2.05, 4.69) is 10.6 Å². The van der Waals surface area contributed by atoms with Crippen molar-refractivity contribution in [3.05, 3.63) is 0 Å². The highest BCUT2D eigenvalue weighted by Gasteiger charge is 2.28. The van der Waals surface area contributed by atoms with Gasteiger partial charge in [0.1, 0.15) is 18.6 Å². The molecule has 3 unspecified atom stereocenters. The summed E-state index contributed by atoms with van der Waals surface area (Å²) in [6.45, 7) is 2.18. The molecule has 0 saturated heterocycles. The molecule has 0 aromatic rings. The van der Waals surface area contributed by atoms with Crippen molar-refractivity contribution in [2.75, 3.05) is 13.2 Å². The van der Waals surface area contributed by atoms with Gasteiger partial charge < -0.3 is 37.6 Å². The standard InChI is InChI=1S/C16H29N5O7/c1-8(2)5-10(20-14(26)9(17)3-4-12(18)23)16(28)21-11(7-22)15(27)19-6-13(24)25/h8-11,22H,3-7,17H2,1-2H3,(H2,18,23)(H,19,27)(H,20,26)(H,21,28)(H,24,25). The molecule has 0 aromatic heterocycles. The summed E-state index contributed by atoms with van der Waals surface area (Å²) in [5.74, 6) is -4.20. The molecule has 0 rings (SSSR count). The van der Waals surface area contributed by atoms with Crippen molar-refractivity contribution in [3.8, 4) is 0 Å². The maximum Gasteiger partial charge on any atom is 0.322 e. The number of nitrogens with one attached hydrogen (secondary N) is 3. The van der Waals surface area contributed by atoms with Gasteiger partial charge in [-0.1, -0.05) is 13.8 Å². The van der Waals surface area contributed by atoms with Crippen molar-refractivity contribution in [2.45, 2.75) is 51.2 Å². The zero-order chi connectivity index (χ0) is 21.9. The van der Waals surface area contributed by atoms with E-state index in [0.717, 1.165) is 0 Å². The van der Waals surface area contributed by atoms with Crippen molar-refractivity contribution in [1.29, 1.82) is 0 Å². The third-order valence-corrected chi connectivity index (χ3v) is 3.61. The van der Waals surface area contributed by atoms with Crippen LogP contribution in [0.5, 0.6) is 0 Å². The van der Waals surface area contributed by atoms with Crippen LogP contribution < -0.4 is 27.4 Å². The number of hydrogen-bond acceptors (Lipinski definition) is 7. The Hall–Kier alpha value is -2.73. The zero-order valence-corrected chi connectivity index (χ0v) is 15.9. The Morgan fingerprint density at radius 2 is 1.54 bits per heavy atom. The number of aliphatic hydroxyl groups is 1. The van der Waals surface area contributed by atoms with Gasteiger partial charge in [-0.15, -0.1) is 0 Å². The van der Waals surface area contributed by atoms with Gasteiger partial charge in [0.25, 0.3) is 0 Å². The number of carboxylic acids is 1. The minimum atomic E-state index is -1.39. The van der Waals surface area contributed by atoms with Gasteiger partial charge in [-0.25, -0.2) is 0 Å². The molecule has 0 aliphatic heterocycles. The summed E-state index contributed by atoms with van der Waals surface area (Å²) in [6, 6.07) is -3.49. The average molecular weight is 403 g/mol. The minimum absolute atomic E-state index is 0.00798. The van der Waals surface area contributed by atoms with E-state index < -0.39 is 60.9 Å². The van der Waals surface area contributed by atoms with Crippen LogP contribution in [-0.4, -0.2) is 71.1 Å². The second kappa shape index (κ2) is 12.6. The first-order valence-corrected chi connectivity index (χ1v) is 8.72. The summed E-state index contributed by atoms with van der Waals surface area (Å²) in [7, 11) is 0. The second-order valence-electron chi connectivity index (χ2n) is 6.66. The molecule has 0 heterocycles. The molecule has 28 heavy (non-hydrogen) atoms. The Balaban J connectivity index is 4.99. The number of carboxylic acid groups (broad SMARTS) is 1. The van der Waals surface area contributed by atoms with Crippen LogP contribution in [0.4, 0.5) is 0 Å². The highest BCUT2D eigenvalue weighted by Crippen LogP contribution is 2.06. The van der Waals surface area contributed by atoms with E-state index in [0.29, 0.717) is 0 Å². The zero-order valence-electron chi connectivity index (χ0n) is 15.9. The Labute approximate surface area is 162 Å². The third-order valence-electron chi connectivity index (χ3n) is 3.61. The molecule has 9 N–H and O–H groups in total. The number of carbonyl (C=O) groups is 5. The molecule has 4 amide bonds. The van der Waals surface area contributed by atoms with E-state index in [1.54, 1.807) is 0 Å². The van der Waals surface area contributed by atoms with Crippen LogP contribution in [0.2, 0.25) is 0 Å². The molecular weight excluding hydrogens is 374 g/mol. The monoisotopic (exact) mass is 403 g/mol. The van der Waals surface area contributed by atoms with Gasteiger partial charge in [-0.3, -0.25) is 24.0 Å². The molecular formula is C16H29N5O7. The number of carbonyl (C=O) groups excluding carboxylic acids is 4. The predicted molar refractivity (Wildman–Crippen MR) is 97.5 cm³/mol. The number of nitrogens with two attached hydrogens (primary N) is 2. The van der Waals surface area contributed by atoms with Gasteiger partial charge in [0.15, 0.2) is 0 Å². The molecule has 12 heteroatoms. The fourth-order valence-corrected chi connectivity index (χ4v) is 2.16. The number of aliphatic hydroxyl groups excluding tert-OH is 1. The van der Waals surface area contributed by atoms with Gasteiger partial charge in [0.2, 0.25) is 23.6 Å². The van der Waals surface area contributed by atoms with E-state index in [9.17, 15) is 29.1 Å². The van der Waals surface area contributed by atoms with Crippen molar-refractivity contribution >= 4 is 29.6 Å². The SMILES string of the molecule is CC(C)CC(NC(=O)C(N)CCC(N)=O)C(=O)NC(CO)C(=O)NCC(=O)O. The van der Waals surface area contributed by atoms with Crippen molar-refractivity contribution < 1.29 is 34.2 Å². The van der Waals surface area contributed by atoms with E-state index in [1.165, 1.54) is 0 Å². The third kappa shape index (κ3) is 10.4. The Morgan fingerprint density at radius 3 is 2.00 bits per heavy atom. The smallest absolute Gasteiger partial charge is 0.322 e. The number of amides is 4. The molecule has 0 saturated carbocycles. The minimum Gasteiger partial charge on any atom is -0.480 e. The quantitative estimate of drug-likeness (QED) is 0.166. The Bertz CT molecular complexity index is 582. The number of primary amides is 1. The fraction of sp³-hybridized carbons (Fsp3) is 0.688. The normalized spacial score (nSPS) is 13.9. The maximum absolute atomic E-state index is 12.5. The molecule has 3 atom stereocenters. The first-order valence-electron chi connectivity index (χ1n) is 8.72. The summed E-state index contributed by atoms with van der Waals surface area (Å²) < 4.78 is 0. The van der Waals surface area contributed by atoms with Crippen LogP contribution >= 0.6 is 0 Å². The molecule has 0 aromatic carbocycles. The molecule has 12 nitrogen and oxygen atoms in total. The summed E-state index contributed by atoms with van der Waals surface area (Å²) in [5.41, 5.74) is 10.7. The molecule has 0 fully saturated rings. The van der Waals surface area contributed by atoms with Gasteiger partial charge in [-0.2, -0.15) is 0 Å². The van der Waals surface area contributed by atoms with Crippen LogP contribution in [0.25, 0.3) is 0 Å². The van der Waals surface area contributed by atoms with Crippen LogP contribution in [-0.2, 0) is 24.0 Å². The number of hydrogen-bond donors (Lipinski definition) is 7. The average Bonchev–Trinajstić information content (AvgIpc) is 2.60. The van der Waals surface area contributed by atoms with E-state index in [-0.39, 0.29) is 25.2 Å². The Kier molecular flexibility index (Phi) is 11.4. The highest BCUT2D eigenvalue weighted by atomic mass is 16.4. The highest BCUT2D eigenvalue weighted by molar-refractivity contribution is 5.93. The lowest BCUT2D eigenvalue weighted by atomic mass is 10.0. The molecule has 0 aliphatic carbocycles. The number of aliphatic carboxylic acids is 1. The first kappa shape index (κ1) is 25.3. The van der Waals surface area contributed by atoms with E-state index in [1.807, 2.05) is 19.2 Å². The summed E-state index contributed by atoms with van der Waals surface area (Å²) >= 11 is 0. The van der Waals surface area contributed by atoms with Crippen LogP contribution in [0, 0.1) is 5.92 Å². The Morgan fingerprint density at radius 1 is 0.964 bits per heavy atom. The lowest BCUT2D eigenvalue weighted by Crippen LogP contribution is -2.57. The summed E-state index contributed by atoms with van der Waals surface area (Å²) in [4.78, 5) is 57.7. The van der Waals surface area contributed by atoms with Gasteiger partial charge >= 0.3 is 5.97 Å². The molecule has 0 bridgehead atoms. The summed E-state index contributed by atoms with van der Waals surface area (Å²) in [5, 5.41) is 24.6. The molecule has 0 spiro atoms. The van der Waals surface area contributed by atoms with E-state index in [4.69, 9.17) is 16.6 Å². The van der Waals surface area contributed by atoms with Crippen LogP contribution in [0.1, 0.15) is 33.1 Å².